The molecule has 25 heavy (non-hydrogen) atoms. The highest BCUT2D eigenvalue weighted by atomic mass is 16.2. The second kappa shape index (κ2) is 6.86. The molecule has 3 rings (SSSR count). The fourth-order valence-corrected chi connectivity index (χ4v) is 3.67. The third kappa shape index (κ3) is 3.52. The molecule has 134 valence electrons. The van der Waals surface area contributed by atoms with Crippen molar-refractivity contribution in [3.8, 4) is 0 Å². The summed E-state index contributed by atoms with van der Waals surface area (Å²) in [4.78, 5) is 38.4. The topological polar surface area (TPSA) is 78.5 Å². The first-order valence-corrected chi connectivity index (χ1v) is 8.90. The average molecular weight is 343 g/mol. The van der Waals surface area contributed by atoms with Gasteiger partial charge in [0.2, 0.25) is 5.91 Å². The number of rotatable bonds is 4. The normalized spacial score (nSPS) is 27.3. The summed E-state index contributed by atoms with van der Waals surface area (Å²) in [5.41, 5.74) is 0.181. The summed E-state index contributed by atoms with van der Waals surface area (Å²) in [6.45, 7) is 3.80. The van der Waals surface area contributed by atoms with Gasteiger partial charge in [0.1, 0.15) is 12.1 Å². The summed E-state index contributed by atoms with van der Waals surface area (Å²) in [6, 6.07) is 8.94. The fourth-order valence-electron chi connectivity index (χ4n) is 3.67. The minimum absolute atomic E-state index is 0.182. The number of hydrogen-bond acceptors (Lipinski definition) is 3. The summed E-state index contributed by atoms with van der Waals surface area (Å²) in [6.07, 6.45) is 3.13. The van der Waals surface area contributed by atoms with Crippen LogP contribution in [0.25, 0.3) is 0 Å². The van der Waals surface area contributed by atoms with Gasteiger partial charge in [0, 0.05) is 0 Å². The Balaban J connectivity index is 1.61. The molecule has 1 heterocycles. The van der Waals surface area contributed by atoms with Crippen molar-refractivity contribution >= 4 is 17.8 Å². The summed E-state index contributed by atoms with van der Waals surface area (Å²) in [5, 5.41) is 5.69. The lowest BCUT2D eigenvalue weighted by Gasteiger charge is -2.33. The monoisotopic (exact) mass is 343 g/mol. The Labute approximate surface area is 148 Å². The summed E-state index contributed by atoms with van der Waals surface area (Å²) < 4.78 is 0. The summed E-state index contributed by atoms with van der Waals surface area (Å²) in [5.74, 6) is -0.0209. The number of imide groups is 1. The molecule has 1 aliphatic carbocycles. The van der Waals surface area contributed by atoms with Gasteiger partial charge in [0.15, 0.2) is 0 Å². The van der Waals surface area contributed by atoms with E-state index in [1.807, 2.05) is 37.3 Å². The van der Waals surface area contributed by atoms with Crippen molar-refractivity contribution in [3.05, 3.63) is 35.9 Å². The quantitative estimate of drug-likeness (QED) is 0.824. The van der Waals surface area contributed by atoms with E-state index in [9.17, 15) is 14.4 Å². The molecule has 0 unspecified atom stereocenters. The number of nitrogens with one attached hydrogen (secondary N) is 2. The van der Waals surface area contributed by atoms with Gasteiger partial charge in [-0.15, -0.1) is 0 Å². The third-order valence-corrected chi connectivity index (χ3v) is 5.35. The lowest BCUT2D eigenvalue weighted by Crippen LogP contribution is -2.50. The Hall–Kier alpha value is -2.37. The summed E-state index contributed by atoms with van der Waals surface area (Å²) >= 11 is 0. The van der Waals surface area contributed by atoms with Gasteiger partial charge in [-0.2, -0.15) is 0 Å². The average Bonchev–Trinajstić information content (AvgIpc) is 2.83. The third-order valence-electron chi connectivity index (χ3n) is 5.35. The molecule has 6 heteroatoms. The van der Waals surface area contributed by atoms with Gasteiger partial charge < -0.3 is 10.6 Å². The van der Waals surface area contributed by atoms with Gasteiger partial charge in [0.05, 0.1) is 6.04 Å². The van der Waals surface area contributed by atoms with Crippen molar-refractivity contribution in [2.45, 2.75) is 51.1 Å². The predicted molar refractivity (Wildman–Crippen MR) is 93.6 cm³/mol. The van der Waals surface area contributed by atoms with E-state index in [0.29, 0.717) is 18.8 Å². The Morgan fingerprint density at radius 1 is 1.28 bits per heavy atom. The second-order valence-corrected chi connectivity index (χ2v) is 7.29. The second-order valence-electron chi connectivity index (χ2n) is 7.29. The van der Waals surface area contributed by atoms with Crippen LogP contribution in [-0.4, -0.2) is 34.8 Å². The molecule has 0 aromatic heterocycles. The van der Waals surface area contributed by atoms with Gasteiger partial charge in [-0.05, 0) is 44.1 Å². The van der Waals surface area contributed by atoms with Crippen LogP contribution in [0.1, 0.15) is 51.1 Å². The number of benzene rings is 1. The van der Waals surface area contributed by atoms with Crippen LogP contribution in [0, 0.1) is 5.92 Å². The minimum Gasteiger partial charge on any atom is -0.348 e. The molecule has 0 radical (unpaired) electrons. The molecule has 1 spiro atoms. The van der Waals surface area contributed by atoms with Crippen LogP contribution in [0.5, 0.6) is 0 Å². The van der Waals surface area contributed by atoms with Crippen LogP contribution < -0.4 is 10.6 Å². The number of amides is 4. The first kappa shape index (κ1) is 17.5. The molecular weight excluding hydrogens is 318 g/mol. The van der Waals surface area contributed by atoms with Crippen LogP contribution in [0.2, 0.25) is 0 Å². The van der Waals surface area contributed by atoms with Gasteiger partial charge in [0.25, 0.3) is 5.91 Å². The van der Waals surface area contributed by atoms with E-state index in [0.717, 1.165) is 23.3 Å². The van der Waals surface area contributed by atoms with Gasteiger partial charge in [-0.3, -0.25) is 14.5 Å². The van der Waals surface area contributed by atoms with Crippen molar-refractivity contribution in [2.24, 2.45) is 5.92 Å². The molecule has 2 aliphatic rings. The van der Waals surface area contributed by atoms with Crippen LogP contribution in [0.4, 0.5) is 4.79 Å². The van der Waals surface area contributed by atoms with Crippen LogP contribution in [0.15, 0.2) is 30.3 Å². The molecule has 6 nitrogen and oxygen atoms in total. The Kier molecular flexibility index (Phi) is 4.79. The number of hydrogen-bond donors (Lipinski definition) is 2. The highest BCUT2D eigenvalue weighted by Crippen LogP contribution is 2.36. The highest BCUT2D eigenvalue weighted by Gasteiger charge is 2.52. The molecule has 2 fully saturated rings. The molecule has 1 aromatic rings. The number of nitrogens with zero attached hydrogens (tertiary/aromatic N) is 1. The fraction of sp³-hybridized carbons (Fsp3) is 0.526. The van der Waals surface area contributed by atoms with E-state index in [1.165, 1.54) is 0 Å². The van der Waals surface area contributed by atoms with Gasteiger partial charge in [-0.25, -0.2) is 4.79 Å². The first-order valence-electron chi connectivity index (χ1n) is 8.90. The molecule has 1 aromatic carbocycles. The van der Waals surface area contributed by atoms with E-state index in [2.05, 4.69) is 17.6 Å². The van der Waals surface area contributed by atoms with E-state index < -0.39 is 11.6 Å². The predicted octanol–water partition coefficient (Wildman–Crippen LogP) is 2.36. The van der Waals surface area contributed by atoms with E-state index >= 15 is 0 Å². The Bertz CT molecular complexity index is 666. The standard InChI is InChI=1S/C19H25N3O3/c1-13-8-10-19(11-9-13)17(24)22(18(25)21-19)12-16(23)20-14(2)15-6-4-3-5-7-15/h3-7,13-14H,8-12H2,1-2H3,(H,20,23)(H,21,25)/t13?,14-,19?/m0/s1. The van der Waals surface area contributed by atoms with Crippen LogP contribution in [-0.2, 0) is 9.59 Å². The van der Waals surface area contributed by atoms with Crippen molar-refractivity contribution < 1.29 is 14.4 Å². The van der Waals surface area contributed by atoms with Crippen molar-refractivity contribution in [1.29, 1.82) is 0 Å². The highest BCUT2D eigenvalue weighted by molar-refractivity contribution is 6.09. The maximum atomic E-state index is 12.8. The minimum atomic E-state index is -0.797. The smallest absolute Gasteiger partial charge is 0.325 e. The number of urea groups is 1. The van der Waals surface area contributed by atoms with Gasteiger partial charge in [-0.1, -0.05) is 37.3 Å². The Morgan fingerprint density at radius 3 is 2.56 bits per heavy atom. The number of carbonyl (C=O) groups is 3. The number of carbonyl (C=O) groups excluding carboxylic acids is 3. The molecular formula is C19H25N3O3. The largest absolute Gasteiger partial charge is 0.348 e. The molecule has 4 amide bonds. The molecule has 1 saturated carbocycles. The van der Waals surface area contributed by atoms with Gasteiger partial charge >= 0.3 is 6.03 Å². The zero-order valence-electron chi connectivity index (χ0n) is 14.7. The molecule has 1 atom stereocenters. The summed E-state index contributed by atoms with van der Waals surface area (Å²) in [7, 11) is 0. The zero-order chi connectivity index (χ0) is 18.0. The maximum absolute atomic E-state index is 12.8. The van der Waals surface area contributed by atoms with Crippen molar-refractivity contribution in [3.63, 3.8) is 0 Å². The molecule has 0 bridgehead atoms. The zero-order valence-corrected chi connectivity index (χ0v) is 14.7. The SMILES string of the molecule is CC1CCC2(CC1)NC(=O)N(CC(=O)N[C@@H](C)c1ccccc1)C2=O. The maximum Gasteiger partial charge on any atom is 0.325 e. The lowest BCUT2D eigenvalue weighted by molar-refractivity contribution is -0.136. The molecule has 1 aliphatic heterocycles. The van der Waals surface area contributed by atoms with E-state index in [1.54, 1.807) is 0 Å². The van der Waals surface area contributed by atoms with E-state index in [4.69, 9.17) is 0 Å². The molecule has 2 N–H and O–H groups in total. The Morgan fingerprint density at radius 2 is 1.92 bits per heavy atom. The van der Waals surface area contributed by atoms with Crippen LogP contribution >= 0.6 is 0 Å². The van der Waals surface area contributed by atoms with Crippen molar-refractivity contribution in [2.75, 3.05) is 6.54 Å². The van der Waals surface area contributed by atoms with Crippen LogP contribution in [0.3, 0.4) is 0 Å². The first-order chi connectivity index (χ1) is 11.9. The molecule has 1 saturated heterocycles. The van der Waals surface area contributed by atoms with Crippen molar-refractivity contribution in [1.82, 2.24) is 15.5 Å². The van der Waals surface area contributed by atoms with E-state index in [-0.39, 0.29) is 24.4 Å². The lowest BCUT2D eigenvalue weighted by atomic mass is 9.77.